The second-order valence-corrected chi connectivity index (χ2v) is 7.87. The molecule has 1 N–H and O–H groups in total. The fraction of sp³-hybridized carbons (Fsp3) is 0.292. The fourth-order valence-corrected chi connectivity index (χ4v) is 4.10. The number of hydrogen-bond acceptors (Lipinski definition) is 5. The van der Waals surface area contributed by atoms with Gasteiger partial charge in [0.15, 0.2) is 5.69 Å². The van der Waals surface area contributed by atoms with Gasteiger partial charge in [-0.25, -0.2) is 9.37 Å². The Morgan fingerprint density at radius 2 is 1.77 bits per heavy atom. The van der Waals surface area contributed by atoms with Gasteiger partial charge in [0.1, 0.15) is 17.9 Å². The van der Waals surface area contributed by atoms with Crippen LogP contribution in [0.1, 0.15) is 41.7 Å². The molecule has 1 fully saturated rings. The summed E-state index contributed by atoms with van der Waals surface area (Å²) in [6.07, 6.45) is 2.78. The first-order valence-electron chi connectivity index (χ1n) is 10.3. The summed E-state index contributed by atoms with van der Waals surface area (Å²) in [5, 5.41) is 2.66. The quantitative estimate of drug-likeness (QED) is 0.646. The van der Waals surface area contributed by atoms with Crippen molar-refractivity contribution in [1.29, 1.82) is 0 Å². The number of nitrogens with zero attached hydrogens (tertiary/aromatic N) is 2. The standard InChI is InChI=1S/C24H24FN3O3/c1-17(29)24(18-5-3-2-4-6-18)11-13-28(14-12-24)15-22-27-21(16-31-22)23(30)26-20-9-7-19(25)8-10-20/h2-10,16H,11-15H2,1H3,(H,26,30). The van der Waals surface area contributed by atoms with Gasteiger partial charge in [0.2, 0.25) is 5.89 Å². The topological polar surface area (TPSA) is 75.4 Å². The molecule has 0 radical (unpaired) electrons. The summed E-state index contributed by atoms with van der Waals surface area (Å²) >= 11 is 0. The Morgan fingerprint density at radius 1 is 1.10 bits per heavy atom. The number of halogens is 1. The van der Waals surface area contributed by atoms with Crippen LogP contribution >= 0.6 is 0 Å². The highest BCUT2D eigenvalue weighted by Gasteiger charge is 2.40. The first kappa shape index (κ1) is 20.9. The highest BCUT2D eigenvalue weighted by atomic mass is 19.1. The van der Waals surface area contributed by atoms with Gasteiger partial charge < -0.3 is 9.73 Å². The van der Waals surface area contributed by atoms with Crippen LogP contribution < -0.4 is 5.32 Å². The Labute approximate surface area is 180 Å². The zero-order chi connectivity index (χ0) is 21.8. The number of carbonyl (C=O) groups excluding carboxylic acids is 2. The molecule has 4 rings (SSSR count). The van der Waals surface area contributed by atoms with Crippen LogP contribution in [0.2, 0.25) is 0 Å². The van der Waals surface area contributed by atoms with E-state index in [-0.39, 0.29) is 17.3 Å². The maximum atomic E-state index is 13.0. The van der Waals surface area contributed by atoms with Gasteiger partial charge in [-0.3, -0.25) is 14.5 Å². The number of aromatic nitrogens is 1. The molecule has 3 aromatic rings. The Bertz CT molecular complexity index is 1060. The van der Waals surface area contributed by atoms with Crippen LogP contribution in [-0.4, -0.2) is 34.7 Å². The second kappa shape index (κ2) is 8.81. The van der Waals surface area contributed by atoms with Crippen molar-refractivity contribution in [2.75, 3.05) is 18.4 Å². The van der Waals surface area contributed by atoms with Gasteiger partial charge in [-0.15, -0.1) is 0 Å². The molecule has 0 spiro atoms. The molecule has 1 amide bonds. The van der Waals surface area contributed by atoms with E-state index in [4.69, 9.17) is 4.42 Å². The zero-order valence-corrected chi connectivity index (χ0v) is 17.3. The Hall–Kier alpha value is -3.32. The van der Waals surface area contributed by atoms with Crippen molar-refractivity contribution in [2.24, 2.45) is 0 Å². The van der Waals surface area contributed by atoms with Crippen molar-refractivity contribution >= 4 is 17.4 Å². The number of hydrogen-bond donors (Lipinski definition) is 1. The molecule has 2 aromatic carbocycles. The molecule has 0 aliphatic carbocycles. The number of amides is 1. The number of rotatable bonds is 6. The second-order valence-electron chi connectivity index (χ2n) is 7.87. The van der Waals surface area contributed by atoms with Crippen LogP contribution in [0, 0.1) is 5.82 Å². The van der Waals surface area contributed by atoms with Crippen LogP contribution in [-0.2, 0) is 16.8 Å². The summed E-state index contributed by atoms with van der Waals surface area (Å²) in [6, 6.07) is 15.5. The number of carbonyl (C=O) groups is 2. The third-order valence-corrected chi connectivity index (χ3v) is 5.96. The average molecular weight is 421 g/mol. The third-order valence-electron chi connectivity index (χ3n) is 5.96. The van der Waals surface area contributed by atoms with E-state index in [9.17, 15) is 14.0 Å². The lowest BCUT2D eigenvalue weighted by atomic mass is 9.70. The summed E-state index contributed by atoms with van der Waals surface area (Å²) in [5.74, 6) is -0.155. The summed E-state index contributed by atoms with van der Waals surface area (Å²) in [5.41, 5.74) is 1.26. The van der Waals surface area contributed by atoms with E-state index in [1.165, 1.54) is 30.5 Å². The largest absolute Gasteiger partial charge is 0.447 e. The van der Waals surface area contributed by atoms with Gasteiger partial charge in [-0.2, -0.15) is 0 Å². The molecular formula is C24H24FN3O3. The minimum atomic E-state index is -0.450. The molecule has 0 bridgehead atoms. The van der Waals surface area contributed by atoms with E-state index in [0.29, 0.717) is 18.1 Å². The lowest BCUT2D eigenvalue weighted by Crippen LogP contribution is -2.46. The Kier molecular flexibility index (Phi) is 5.95. The molecule has 160 valence electrons. The molecule has 0 unspecified atom stereocenters. The predicted octanol–water partition coefficient (Wildman–Crippen LogP) is 4.19. The monoisotopic (exact) mass is 421 g/mol. The zero-order valence-electron chi connectivity index (χ0n) is 17.3. The van der Waals surface area contributed by atoms with Gasteiger partial charge in [0.05, 0.1) is 12.0 Å². The molecule has 1 aliphatic rings. The molecule has 2 heterocycles. The number of likely N-dealkylation sites (tertiary alicyclic amines) is 1. The van der Waals surface area contributed by atoms with Gasteiger partial charge >= 0.3 is 0 Å². The molecule has 31 heavy (non-hydrogen) atoms. The van der Waals surface area contributed by atoms with Crippen molar-refractivity contribution in [3.8, 4) is 0 Å². The molecule has 1 aromatic heterocycles. The Balaban J connectivity index is 1.37. The number of anilines is 1. The predicted molar refractivity (Wildman–Crippen MR) is 114 cm³/mol. The first-order valence-corrected chi connectivity index (χ1v) is 10.3. The Morgan fingerprint density at radius 3 is 2.42 bits per heavy atom. The summed E-state index contributed by atoms with van der Waals surface area (Å²) in [6.45, 7) is 3.59. The lowest BCUT2D eigenvalue weighted by molar-refractivity contribution is -0.124. The van der Waals surface area contributed by atoms with Crippen molar-refractivity contribution < 1.29 is 18.4 Å². The highest BCUT2D eigenvalue weighted by molar-refractivity contribution is 6.02. The maximum absolute atomic E-state index is 13.0. The molecule has 6 nitrogen and oxygen atoms in total. The third kappa shape index (κ3) is 4.56. The van der Waals surface area contributed by atoms with E-state index in [0.717, 1.165) is 31.5 Å². The van der Waals surface area contributed by atoms with Crippen LogP contribution in [0.15, 0.2) is 65.3 Å². The van der Waals surface area contributed by atoms with E-state index in [2.05, 4.69) is 15.2 Å². The van der Waals surface area contributed by atoms with Gasteiger partial charge in [-0.05, 0) is 62.7 Å². The van der Waals surface area contributed by atoms with Crippen LogP contribution in [0.5, 0.6) is 0 Å². The van der Waals surface area contributed by atoms with E-state index in [1.807, 2.05) is 30.3 Å². The number of piperidine rings is 1. The molecule has 0 saturated carbocycles. The van der Waals surface area contributed by atoms with Gasteiger partial charge in [0.25, 0.3) is 5.91 Å². The molecule has 1 saturated heterocycles. The SMILES string of the molecule is CC(=O)C1(c2ccccc2)CCN(Cc2nc(C(=O)Nc3ccc(F)cc3)co2)CC1. The highest BCUT2D eigenvalue weighted by Crippen LogP contribution is 2.36. The minimum Gasteiger partial charge on any atom is -0.447 e. The van der Waals surface area contributed by atoms with Crippen molar-refractivity contribution in [3.63, 3.8) is 0 Å². The van der Waals surface area contributed by atoms with Gasteiger partial charge in [0, 0.05) is 5.69 Å². The van der Waals surface area contributed by atoms with Crippen molar-refractivity contribution in [2.45, 2.75) is 31.7 Å². The minimum absolute atomic E-state index is 0.165. The van der Waals surface area contributed by atoms with Crippen molar-refractivity contribution in [1.82, 2.24) is 9.88 Å². The smallest absolute Gasteiger partial charge is 0.277 e. The van der Waals surface area contributed by atoms with Crippen LogP contribution in [0.25, 0.3) is 0 Å². The summed E-state index contributed by atoms with van der Waals surface area (Å²) in [4.78, 5) is 31.3. The number of benzene rings is 2. The van der Waals surface area contributed by atoms with Crippen molar-refractivity contribution in [3.05, 3.63) is 83.8 Å². The van der Waals surface area contributed by atoms with E-state index in [1.54, 1.807) is 6.92 Å². The van der Waals surface area contributed by atoms with Crippen LogP contribution in [0.4, 0.5) is 10.1 Å². The van der Waals surface area contributed by atoms with E-state index >= 15 is 0 Å². The molecule has 7 heteroatoms. The fourth-order valence-electron chi connectivity index (χ4n) is 4.10. The lowest BCUT2D eigenvalue weighted by Gasteiger charge is -2.40. The first-order chi connectivity index (χ1) is 15.0. The van der Waals surface area contributed by atoms with Gasteiger partial charge in [-0.1, -0.05) is 30.3 Å². The number of Topliss-reactive ketones (excluding diaryl/α,β-unsaturated/α-hetero) is 1. The number of oxazole rings is 1. The maximum Gasteiger partial charge on any atom is 0.277 e. The molecular weight excluding hydrogens is 397 g/mol. The summed E-state index contributed by atoms with van der Waals surface area (Å²) in [7, 11) is 0. The normalized spacial score (nSPS) is 16.1. The van der Waals surface area contributed by atoms with Crippen LogP contribution in [0.3, 0.4) is 0 Å². The van der Waals surface area contributed by atoms with E-state index < -0.39 is 11.3 Å². The molecule has 0 atom stereocenters. The number of ketones is 1. The summed E-state index contributed by atoms with van der Waals surface area (Å²) < 4.78 is 18.5. The number of nitrogens with one attached hydrogen (secondary N) is 1. The average Bonchev–Trinajstić information content (AvgIpc) is 3.25. The molecule has 1 aliphatic heterocycles.